The molecule has 2 aromatic rings. The van der Waals surface area contributed by atoms with Crippen LogP contribution in [0.5, 0.6) is 0 Å². The van der Waals surface area contributed by atoms with Crippen molar-refractivity contribution in [3.05, 3.63) is 102 Å². The van der Waals surface area contributed by atoms with Crippen molar-refractivity contribution < 1.29 is 0 Å². The van der Waals surface area contributed by atoms with E-state index in [2.05, 4.69) is 149 Å². The van der Waals surface area contributed by atoms with Gasteiger partial charge in [0.2, 0.25) is 0 Å². The molecule has 0 N–H and O–H groups in total. The van der Waals surface area contributed by atoms with Crippen LogP contribution in [0.25, 0.3) is 5.57 Å². The van der Waals surface area contributed by atoms with E-state index in [9.17, 15) is 0 Å². The van der Waals surface area contributed by atoms with Gasteiger partial charge in [-0.3, -0.25) is 4.99 Å². The molecule has 1 heteroatoms. The van der Waals surface area contributed by atoms with Gasteiger partial charge in [-0.15, -0.1) is 13.2 Å². The van der Waals surface area contributed by atoms with Crippen molar-refractivity contribution in [3.8, 4) is 0 Å². The summed E-state index contributed by atoms with van der Waals surface area (Å²) in [6, 6.07) is 17.1. The minimum Gasteiger partial charge on any atom is -0.292 e. The number of aryl methyl sites for hydroxylation is 2. The summed E-state index contributed by atoms with van der Waals surface area (Å²) in [5.74, 6) is 0.694. The molecular formula is C43H73N. The molecule has 1 nitrogen and oxygen atoms in total. The highest BCUT2D eigenvalue weighted by Crippen LogP contribution is 2.28. The second-order valence-corrected chi connectivity index (χ2v) is 12.9. The zero-order valence-electron chi connectivity index (χ0n) is 31.7. The minimum atomic E-state index is 0.306. The smallest absolute Gasteiger partial charge is 0.0450 e. The zero-order chi connectivity index (χ0) is 34.6. The van der Waals surface area contributed by atoms with Crippen LogP contribution in [0.1, 0.15) is 149 Å². The van der Waals surface area contributed by atoms with Gasteiger partial charge in [0, 0.05) is 18.7 Å². The summed E-state index contributed by atoms with van der Waals surface area (Å²) in [7, 11) is 1.94. The molecule has 0 atom stereocenters. The number of hydrogen-bond donors (Lipinski definition) is 0. The second-order valence-electron chi connectivity index (χ2n) is 12.9. The van der Waals surface area contributed by atoms with E-state index in [1.54, 1.807) is 0 Å². The normalized spacial score (nSPS) is 12.4. The van der Waals surface area contributed by atoms with Crippen LogP contribution >= 0.6 is 0 Å². The fourth-order valence-corrected chi connectivity index (χ4v) is 3.83. The van der Waals surface area contributed by atoms with Crippen LogP contribution in [-0.4, -0.2) is 12.8 Å². The molecule has 0 heterocycles. The van der Waals surface area contributed by atoms with Gasteiger partial charge in [0.05, 0.1) is 0 Å². The lowest BCUT2D eigenvalue weighted by molar-refractivity contribution is 0.439. The van der Waals surface area contributed by atoms with Crippen LogP contribution in [0.3, 0.4) is 0 Å². The van der Waals surface area contributed by atoms with Gasteiger partial charge in [-0.25, -0.2) is 0 Å². The van der Waals surface area contributed by atoms with Gasteiger partial charge in [-0.2, -0.15) is 0 Å². The summed E-state index contributed by atoms with van der Waals surface area (Å²) < 4.78 is 0. The maximum atomic E-state index is 4.56. The van der Waals surface area contributed by atoms with Gasteiger partial charge in [0.15, 0.2) is 0 Å². The Morgan fingerprint density at radius 2 is 1.30 bits per heavy atom. The fraction of sp³-hybridized carbons (Fsp3) is 0.558. The first-order valence-corrected chi connectivity index (χ1v) is 17.3. The molecule has 3 rings (SSSR count). The summed E-state index contributed by atoms with van der Waals surface area (Å²) in [5.41, 5.74) is 9.40. The maximum Gasteiger partial charge on any atom is 0.0450 e. The third-order valence-electron chi connectivity index (χ3n) is 6.72. The summed E-state index contributed by atoms with van der Waals surface area (Å²) in [4.78, 5) is 4.56. The molecule has 1 fully saturated rings. The SMILES string of the molecule is C=C(C)CC.C=C(CC)c1cccc(C)c1.C=CC(C)(C)C.CCC.CCC.CN=C(c1ccccc1C)C1CCCCC1. The Bertz CT molecular complexity index is 1020. The Hall–Kier alpha value is -2.67. The molecule has 1 aliphatic rings. The first-order valence-electron chi connectivity index (χ1n) is 17.3. The van der Waals surface area contributed by atoms with Gasteiger partial charge in [-0.05, 0) is 74.1 Å². The van der Waals surface area contributed by atoms with E-state index in [1.807, 2.05) is 20.0 Å². The predicted octanol–water partition coefficient (Wildman–Crippen LogP) is 14.4. The number of rotatable bonds is 5. The van der Waals surface area contributed by atoms with Crippen molar-refractivity contribution in [1.29, 1.82) is 0 Å². The Kier molecular flexibility index (Phi) is 30.2. The Morgan fingerprint density at radius 1 is 0.818 bits per heavy atom. The Morgan fingerprint density at radius 3 is 1.66 bits per heavy atom. The van der Waals surface area contributed by atoms with Crippen LogP contribution in [0.15, 0.2) is 84.9 Å². The first kappa shape index (κ1) is 45.8. The topological polar surface area (TPSA) is 12.4 Å². The molecule has 44 heavy (non-hydrogen) atoms. The van der Waals surface area contributed by atoms with Crippen LogP contribution in [0.4, 0.5) is 0 Å². The van der Waals surface area contributed by atoms with Gasteiger partial charge in [0.25, 0.3) is 0 Å². The first-order chi connectivity index (χ1) is 20.7. The Balaban J connectivity index is -0.000000522. The van der Waals surface area contributed by atoms with E-state index in [4.69, 9.17) is 0 Å². The van der Waals surface area contributed by atoms with Crippen molar-refractivity contribution in [2.75, 3.05) is 7.05 Å². The van der Waals surface area contributed by atoms with E-state index in [0.717, 1.165) is 12.8 Å². The summed E-state index contributed by atoms with van der Waals surface area (Å²) in [5, 5.41) is 0. The largest absolute Gasteiger partial charge is 0.292 e. The van der Waals surface area contributed by atoms with Crippen molar-refractivity contribution >= 4 is 11.3 Å². The quantitative estimate of drug-likeness (QED) is 0.238. The predicted molar refractivity (Wildman–Crippen MR) is 207 cm³/mol. The summed E-state index contributed by atoms with van der Waals surface area (Å²) in [6.07, 6.45) is 13.4. The third kappa shape index (κ3) is 25.8. The third-order valence-corrected chi connectivity index (χ3v) is 6.72. The van der Waals surface area contributed by atoms with E-state index >= 15 is 0 Å². The number of nitrogens with zero attached hydrogens (tertiary/aromatic N) is 1. The summed E-state index contributed by atoms with van der Waals surface area (Å²) >= 11 is 0. The van der Waals surface area contributed by atoms with Gasteiger partial charge in [-0.1, -0.05) is 167 Å². The maximum absolute atomic E-state index is 4.56. The lowest BCUT2D eigenvalue weighted by Crippen LogP contribution is -2.19. The summed E-state index contributed by atoms with van der Waals surface area (Å²) in [6.45, 7) is 36.7. The fourth-order valence-electron chi connectivity index (χ4n) is 3.83. The van der Waals surface area contributed by atoms with Gasteiger partial charge in [0.1, 0.15) is 0 Å². The highest BCUT2D eigenvalue weighted by molar-refractivity contribution is 6.03. The molecule has 0 aromatic heterocycles. The van der Waals surface area contributed by atoms with Gasteiger partial charge < -0.3 is 0 Å². The van der Waals surface area contributed by atoms with E-state index < -0.39 is 0 Å². The lowest BCUT2D eigenvalue weighted by Gasteiger charge is -2.24. The van der Waals surface area contributed by atoms with Crippen molar-refractivity contribution in [1.82, 2.24) is 0 Å². The molecule has 0 unspecified atom stereocenters. The molecule has 1 aliphatic carbocycles. The molecule has 0 spiro atoms. The van der Waals surface area contributed by atoms with E-state index in [1.165, 1.54) is 84.1 Å². The molecule has 0 amide bonds. The van der Waals surface area contributed by atoms with Crippen LogP contribution in [0.2, 0.25) is 0 Å². The Labute approximate surface area is 277 Å². The van der Waals surface area contributed by atoms with E-state index in [0.29, 0.717) is 11.3 Å². The highest BCUT2D eigenvalue weighted by Gasteiger charge is 2.20. The standard InChI is InChI=1S/C15H21N.C11H14.C6H12.C5H10.2C3H8/c1-12-8-6-7-11-14(12)15(16-2)13-9-4-3-5-10-13;1-4-10(3)11-7-5-6-9(2)8-11;1-5-6(2,3)4;1-4-5(2)3;2*1-3-2/h6-8,11,13H,3-5,9-10H2,1-2H3;5-8H,3-4H2,1-2H3;5H,1H2,2-4H3;2,4H2,1,3H3;2*3H2,1-2H3. The zero-order valence-corrected chi connectivity index (χ0v) is 31.7. The number of benzene rings is 2. The highest BCUT2D eigenvalue weighted by atomic mass is 14.7. The second kappa shape index (κ2) is 29.1. The van der Waals surface area contributed by atoms with Crippen LogP contribution in [-0.2, 0) is 0 Å². The lowest BCUT2D eigenvalue weighted by atomic mass is 9.82. The monoisotopic (exact) mass is 604 g/mol. The van der Waals surface area contributed by atoms with E-state index in [-0.39, 0.29) is 0 Å². The minimum absolute atomic E-state index is 0.306. The molecule has 2 aromatic carbocycles. The molecule has 250 valence electrons. The van der Waals surface area contributed by atoms with Crippen molar-refractivity contribution in [3.63, 3.8) is 0 Å². The number of aliphatic imine (C=N–C) groups is 1. The molecule has 0 saturated heterocycles. The molecule has 1 saturated carbocycles. The van der Waals surface area contributed by atoms with Crippen molar-refractivity contribution in [2.24, 2.45) is 16.3 Å². The molecule has 0 radical (unpaired) electrons. The molecule has 0 aliphatic heterocycles. The average Bonchev–Trinajstić information content (AvgIpc) is 3.00. The van der Waals surface area contributed by atoms with Gasteiger partial charge >= 0.3 is 0 Å². The van der Waals surface area contributed by atoms with Crippen molar-refractivity contribution in [2.45, 2.75) is 141 Å². The van der Waals surface area contributed by atoms with Crippen LogP contribution in [0, 0.1) is 25.2 Å². The number of allylic oxidation sites excluding steroid dienone is 3. The molecule has 0 bridgehead atoms. The van der Waals surface area contributed by atoms with Crippen LogP contribution < -0.4 is 0 Å². The average molecular weight is 604 g/mol. The molecular weight excluding hydrogens is 530 g/mol. The number of hydrogen-bond acceptors (Lipinski definition) is 1.